The van der Waals surface area contributed by atoms with Crippen molar-refractivity contribution < 1.29 is 0 Å². The monoisotopic (exact) mass is 175 g/mol. The molecule has 3 heteroatoms. The number of rotatable bonds is 2. The molecule has 3 nitrogen and oxygen atoms in total. The predicted molar refractivity (Wildman–Crippen MR) is 48.9 cm³/mol. The molecule has 13 heavy (non-hydrogen) atoms. The van der Waals surface area contributed by atoms with Gasteiger partial charge in [0.15, 0.2) is 0 Å². The van der Waals surface area contributed by atoms with Gasteiger partial charge in [0.05, 0.1) is 5.69 Å². The van der Waals surface area contributed by atoms with Crippen LogP contribution in [0, 0.1) is 5.92 Å². The number of hydrogen-bond donors (Lipinski definition) is 0. The highest BCUT2D eigenvalue weighted by atomic mass is 15.2. The van der Waals surface area contributed by atoms with Crippen LogP contribution in [0.5, 0.6) is 0 Å². The summed E-state index contributed by atoms with van der Waals surface area (Å²) in [6.07, 6.45) is 6.46. The minimum absolute atomic E-state index is 0.974. The van der Waals surface area contributed by atoms with Crippen LogP contribution in [-0.4, -0.2) is 21.4 Å². The summed E-state index contributed by atoms with van der Waals surface area (Å²) < 4.78 is 0. The van der Waals surface area contributed by atoms with Crippen LogP contribution in [0.4, 0.5) is 0 Å². The first-order valence-electron chi connectivity index (χ1n) is 4.92. The van der Waals surface area contributed by atoms with Gasteiger partial charge in [-0.05, 0) is 18.8 Å². The average Bonchev–Trinajstić information content (AvgIpc) is 2.85. The Bertz CT molecular complexity index is 295. The molecule has 0 N–H and O–H groups in total. The van der Waals surface area contributed by atoms with Crippen molar-refractivity contribution in [3.8, 4) is 0 Å². The van der Waals surface area contributed by atoms with E-state index in [4.69, 9.17) is 0 Å². The van der Waals surface area contributed by atoms with Crippen molar-refractivity contribution in [3.05, 3.63) is 23.8 Å². The molecule has 0 saturated heterocycles. The van der Waals surface area contributed by atoms with Gasteiger partial charge < -0.3 is 0 Å². The molecule has 0 spiro atoms. The zero-order chi connectivity index (χ0) is 8.67. The molecule has 1 aromatic rings. The van der Waals surface area contributed by atoms with Gasteiger partial charge in [-0.3, -0.25) is 4.90 Å². The lowest BCUT2D eigenvalue weighted by atomic mass is 10.3. The van der Waals surface area contributed by atoms with E-state index in [0.29, 0.717) is 0 Å². The zero-order valence-corrected chi connectivity index (χ0v) is 7.61. The Balaban J connectivity index is 1.73. The van der Waals surface area contributed by atoms with Gasteiger partial charge in [-0.1, -0.05) is 0 Å². The quantitative estimate of drug-likeness (QED) is 0.676. The van der Waals surface area contributed by atoms with Crippen LogP contribution in [-0.2, 0) is 13.1 Å². The lowest BCUT2D eigenvalue weighted by Crippen LogP contribution is -2.18. The highest BCUT2D eigenvalue weighted by Gasteiger charge is 2.27. The summed E-state index contributed by atoms with van der Waals surface area (Å²) in [6.45, 7) is 3.36. The van der Waals surface area contributed by atoms with Gasteiger partial charge in [-0.15, -0.1) is 0 Å². The van der Waals surface area contributed by atoms with Crippen LogP contribution in [0.3, 0.4) is 0 Å². The fourth-order valence-electron chi connectivity index (χ4n) is 1.96. The van der Waals surface area contributed by atoms with E-state index in [1.165, 1.54) is 30.6 Å². The van der Waals surface area contributed by atoms with Crippen molar-refractivity contribution in [2.75, 3.05) is 6.54 Å². The Morgan fingerprint density at radius 3 is 3.08 bits per heavy atom. The molecule has 0 amide bonds. The molecule has 0 unspecified atom stereocenters. The molecule has 0 radical (unpaired) electrons. The topological polar surface area (TPSA) is 29.0 Å². The van der Waals surface area contributed by atoms with Gasteiger partial charge in [-0.25, -0.2) is 9.97 Å². The molecular weight excluding hydrogens is 162 g/mol. The first kappa shape index (κ1) is 7.44. The molecule has 1 fully saturated rings. The van der Waals surface area contributed by atoms with Crippen LogP contribution >= 0.6 is 0 Å². The molecule has 2 aliphatic rings. The van der Waals surface area contributed by atoms with E-state index in [9.17, 15) is 0 Å². The second-order valence-electron chi connectivity index (χ2n) is 4.11. The zero-order valence-electron chi connectivity index (χ0n) is 7.61. The van der Waals surface area contributed by atoms with E-state index >= 15 is 0 Å². The largest absolute Gasteiger partial charge is 0.293 e. The number of hydrogen-bond acceptors (Lipinski definition) is 3. The summed E-state index contributed by atoms with van der Waals surface area (Å²) in [5, 5.41) is 0. The number of fused-ring (bicyclic) bond motifs is 1. The van der Waals surface area contributed by atoms with Crippen molar-refractivity contribution >= 4 is 0 Å². The smallest absolute Gasteiger partial charge is 0.115 e. The van der Waals surface area contributed by atoms with Gasteiger partial charge in [0.25, 0.3) is 0 Å². The van der Waals surface area contributed by atoms with E-state index in [1.54, 1.807) is 6.33 Å². The van der Waals surface area contributed by atoms with E-state index in [1.807, 2.05) is 6.20 Å². The van der Waals surface area contributed by atoms with Crippen LogP contribution in [0.15, 0.2) is 12.5 Å². The van der Waals surface area contributed by atoms with Gasteiger partial charge in [0.1, 0.15) is 6.33 Å². The van der Waals surface area contributed by atoms with Crippen molar-refractivity contribution in [3.63, 3.8) is 0 Å². The Morgan fingerprint density at radius 1 is 1.38 bits per heavy atom. The van der Waals surface area contributed by atoms with Crippen LogP contribution in [0.1, 0.15) is 24.1 Å². The molecule has 1 aliphatic carbocycles. The van der Waals surface area contributed by atoms with Crippen molar-refractivity contribution in [2.24, 2.45) is 5.92 Å². The van der Waals surface area contributed by atoms with Gasteiger partial charge in [-0.2, -0.15) is 0 Å². The standard InChI is InChI=1S/C10H13N3/c1-2-8(1)4-13-5-9-3-11-7-12-10(9)6-13/h3,7-8H,1-2,4-6H2. The van der Waals surface area contributed by atoms with Crippen molar-refractivity contribution in [1.29, 1.82) is 0 Å². The lowest BCUT2D eigenvalue weighted by molar-refractivity contribution is 0.271. The molecule has 1 aliphatic heterocycles. The normalized spacial score (nSPS) is 21.8. The second kappa shape index (κ2) is 2.77. The molecule has 0 bridgehead atoms. The highest BCUT2D eigenvalue weighted by Crippen LogP contribution is 2.32. The maximum absolute atomic E-state index is 4.28. The molecule has 3 rings (SSSR count). The number of aromatic nitrogens is 2. The van der Waals surface area contributed by atoms with Crippen LogP contribution < -0.4 is 0 Å². The third-order valence-electron chi connectivity index (χ3n) is 2.86. The molecule has 68 valence electrons. The summed E-state index contributed by atoms with van der Waals surface area (Å²) in [4.78, 5) is 10.8. The minimum Gasteiger partial charge on any atom is -0.293 e. The SMILES string of the molecule is c1ncc2c(n1)CN(CC1CC1)C2. The van der Waals surface area contributed by atoms with Crippen molar-refractivity contribution in [1.82, 2.24) is 14.9 Å². The maximum atomic E-state index is 4.28. The fourth-order valence-corrected chi connectivity index (χ4v) is 1.96. The lowest BCUT2D eigenvalue weighted by Gasteiger charge is -2.12. The Morgan fingerprint density at radius 2 is 2.31 bits per heavy atom. The molecule has 2 heterocycles. The minimum atomic E-state index is 0.974. The van der Waals surface area contributed by atoms with E-state index in [-0.39, 0.29) is 0 Å². The summed E-state index contributed by atoms with van der Waals surface area (Å²) in [6, 6.07) is 0. The molecule has 0 aromatic carbocycles. The third kappa shape index (κ3) is 1.44. The second-order valence-corrected chi connectivity index (χ2v) is 4.11. The Hall–Kier alpha value is -0.960. The Kier molecular flexibility index (Phi) is 1.59. The maximum Gasteiger partial charge on any atom is 0.115 e. The molecule has 1 saturated carbocycles. The summed E-state index contributed by atoms with van der Waals surface area (Å²) in [7, 11) is 0. The highest BCUT2D eigenvalue weighted by molar-refractivity contribution is 5.20. The summed E-state index contributed by atoms with van der Waals surface area (Å²) >= 11 is 0. The molecule has 0 atom stereocenters. The van der Waals surface area contributed by atoms with E-state index in [0.717, 1.165) is 19.0 Å². The van der Waals surface area contributed by atoms with Crippen molar-refractivity contribution in [2.45, 2.75) is 25.9 Å². The molecular formula is C10H13N3. The third-order valence-corrected chi connectivity index (χ3v) is 2.86. The van der Waals surface area contributed by atoms with E-state index in [2.05, 4.69) is 14.9 Å². The first-order valence-corrected chi connectivity index (χ1v) is 4.92. The number of nitrogens with zero attached hydrogens (tertiary/aromatic N) is 3. The fraction of sp³-hybridized carbons (Fsp3) is 0.600. The van der Waals surface area contributed by atoms with Crippen LogP contribution in [0.25, 0.3) is 0 Å². The van der Waals surface area contributed by atoms with E-state index < -0.39 is 0 Å². The average molecular weight is 175 g/mol. The van der Waals surface area contributed by atoms with Crippen LogP contribution in [0.2, 0.25) is 0 Å². The van der Waals surface area contributed by atoms with Gasteiger partial charge in [0.2, 0.25) is 0 Å². The summed E-state index contributed by atoms with van der Waals surface area (Å²) in [5.74, 6) is 0.974. The summed E-state index contributed by atoms with van der Waals surface area (Å²) in [5.41, 5.74) is 2.55. The first-order chi connectivity index (χ1) is 6.42. The van der Waals surface area contributed by atoms with Gasteiger partial charge >= 0.3 is 0 Å². The van der Waals surface area contributed by atoms with Gasteiger partial charge in [0, 0.05) is 31.4 Å². The predicted octanol–water partition coefficient (Wildman–Crippen LogP) is 1.20. The molecule has 1 aromatic heterocycles. The Labute approximate surface area is 77.8 Å².